The van der Waals surface area contributed by atoms with Crippen molar-refractivity contribution < 1.29 is 4.79 Å². The number of halogens is 1. The van der Waals surface area contributed by atoms with Gasteiger partial charge in [0.1, 0.15) is 5.88 Å². The van der Waals surface area contributed by atoms with Crippen LogP contribution in [0.4, 0.5) is 5.69 Å². The molecular weight excluding hydrogens is 270 g/mol. The van der Waals surface area contributed by atoms with Gasteiger partial charge >= 0.3 is 0 Å². The fourth-order valence-corrected chi connectivity index (χ4v) is 1.75. The summed E-state index contributed by atoms with van der Waals surface area (Å²) in [5, 5.41) is 4.94. The highest BCUT2D eigenvalue weighted by atomic mass is 35.5. The molecule has 0 bridgehead atoms. The van der Waals surface area contributed by atoms with Crippen molar-refractivity contribution in [3.05, 3.63) is 42.0 Å². The normalized spacial score (nSPS) is 8.90. The van der Waals surface area contributed by atoms with Crippen molar-refractivity contribution >= 4 is 34.0 Å². The maximum absolute atomic E-state index is 11.3. The van der Waals surface area contributed by atoms with Gasteiger partial charge in [-0.25, -0.2) is 0 Å². The lowest BCUT2D eigenvalue weighted by Gasteiger charge is -2.08. The number of fused-ring (bicyclic) bond motifs is 1. The Morgan fingerprint density at radius 2 is 1.75 bits per heavy atom. The first-order valence-electron chi connectivity index (χ1n) is 7.06. The highest BCUT2D eigenvalue weighted by Gasteiger charge is 2.04. The summed E-state index contributed by atoms with van der Waals surface area (Å²) in [5.41, 5.74) is 1.98. The number of benzene rings is 2. The third kappa shape index (κ3) is 5.22. The Bertz CT molecular complexity index is 538. The molecule has 0 aliphatic heterocycles. The van der Waals surface area contributed by atoms with Crippen LogP contribution in [0.5, 0.6) is 0 Å². The molecule has 0 unspecified atom stereocenters. The van der Waals surface area contributed by atoms with Gasteiger partial charge in [-0.2, -0.15) is 0 Å². The topological polar surface area (TPSA) is 29.1 Å². The SMILES string of the molecule is CC.CC.Cc1ccc2cccc(NC(=O)CCl)c2c1. The smallest absolute Gasteiger partial charge is 0.239 e. The van der Waals surface area contributed by atoms with Gasteiger partial charge in [0.25, 0.3) is 0 Å². The van der Waals surface area contributed by atoms with Gasteiger partial charge in [-0.15, -0.1) is 11.6 Å². The number of alkyl halides is 1. The molecular formula is C17H24ClNO. The van der Waals surface area contributed by atoms with E-state index in [4.69, 9.17) is 11.6 Å². The van der Waals surface area contributed by atoms with E-state index in [9.17, 15) is 4.79 Å². The van der Waals surface area contributed by atoms with Crippen LogP contribution in [0.2, 0.25) is 0 Å². The first kappa shape index (κ1) is 18.5. The summed E-state index contributed by atoms with van der Waals surface area (Å²) in [6.07, 6.45) is 0. The van der Waals surface area contributed by atoms with Crippen LogP contribution in [0.3, 0.4) is 0 Å². The minimum Gasteiger partial charge on any atom is -0.324 e. The highest BCUT2D eigenvalue weighted by Crippen LogP contribution is 2.24. The predicted octanol–water partition coefficient (Wildman–Crippen LogP) is 5.38. The number of amides is 1. The Morgan fingerprint density at radius 3 is 2.35 bits per heavy atom. The van der Waals surface area contributed by atoms with E-state index in [1.54, 1.807) is 0 Å². The van der Waals surface area contributed by atoms with Gasteiger partial charge in [-0.05, 0) is 24.4 Å². The molecule has 110 valence electrons. The Hall–Kier alpha value is -1.54. The lowest BCUT2D eigenvalue weighted by Crippen LogP contribution is -2.12. The maximum atomic E-state index is 11.3. The van der Waals surface area contributed by atoms with Gasteiger partial charge in [0.05, 0.1) is 0 Å². The number of anilines is 1. The molecule has 2 nitrogen and oxygen atoms in total. The molecule has 0 fully saturated rings. The first-order chi connectivity index (χ1) is 9.70. The number of hydrogen-bond donors (Lipinski definition) is 1. The zero-order valence-electron chi connectivity index (χ0n) is 13.0. The Balaban J connectivity index is 0.000000829. The number of carbonyl (C=O) groups excluding carboxylic acids is 1. The molecule has 0 saturated carbocycles. The quantitative estimate of drug-likeness (QED) is 0.740. The molecule has 0 aliphatic carbocycles. The predicted molar refractivity (Wildman–Crippen MR) is 90.7 cm³/mol. The van der Waals surface area contributed by atoms with E-state index in [1.807, 2.05) is 58.9 Å². The fourth-order valence-electron chi connectivity index (χ4n) is 1.68. The molecule has 0 atom stereocenters. The second-order valence-electron chi connectivity index (χ2n) is 3.71. The molecule has 0 spiro atoms. The standard InChI is InChI=1S/C13H12ClNO.2C2H6/c1-9-5-6-10-3-2-4-12(11(10)7-9)15-13(16)8-14;2*1-2/h2-7H,8H2,1H3,(H,15,16);2*1-2H3. The van der Waals surface area contributed by atoms with Crippen molar-refractivity contribution in [1.82, 2.24) is 0 Å². The van der Waals surface area contributed by atoms with Crippen molar-refractivity contribution in [3.8, 4) is 0 Å². The Labute approximate surface area is 127 Å². The molecule has 0 heterocycles. The summed E-state index contributed by atoms with van der Waals surface area (Å²) in [6.45, 7) is 10.0. The van der Waals surface area contributed by atoms with Crippen molar-refractivity contribution in [2.45, 2.75) is 34.6 Å². The molecule has 0 saturated heterocycles. The average Bonchev–Trinajstić information content (AvgIpc) is 2.51. The summed E-state index contributed by atoms with van der Waals surface area (Å²) in [6, 6.07) is 12.0. The molecule has 2 aromatic rings. The lowest BCUT2D eigenvalue weighted by molar-refractivity contribution is -0.113. The van der Waals surface area contributed by atoms with E-state index in [0.29, 0.717) is 0 Å². The van der Waals surface area contributed by atoms with Gasteiger partial charge in [-0.3, -0.25) is 4.79 Å². The molecule has 0 radical (unpaired) electrons. The van der Waals surface area contributed by atoms with Crippen molar-refractivity contribution in [2.75, 3.05) is 11.2 Å². The van der Waals surface area contributed by atoms with Crippen LogP contribution in [0.25, 0.3) is 10.8 Å². The summed E-state index contributed by atoms with van der Waals surface area (Å²) in [7, 11) is 0. The van der Waals surface area contributed by atoms with Crippen LogP contribution >= 0.6 is 11.6 Å². The minimum atomic E-state index is -0.185. The number of rotatable bonds is 2. The zero-order chi connectivity index (χ0) is 15.5. The van der Waals surface area contributed by atoms with Gasteiger partial charge in [0.2, 0.25) is 5.91 Å². The Kier molecular flexibility index (Phi) is 9.48. The first-order valence-corrected chi connectivity index (χ1v) is 7.59. The third-order valence-corrected chi connectivity index (χ3v) is 2.68. The minimum absolute atomic E-state index is 0.0256. The lowest BCUT2D eigenvalue weighted by atomic mass is 10.1. The van der Waals surface area contributed by atoms with E-state index in [0.717, 1.165) is 16.5 Å². The average molecular weight is 294 g/mol. The fraction of sp³-hybridized carbons (Fsp3) is 0.353. The number of nitrogens with one attached hydrogen (secondary N) is 1. The second-order valence-corrected chi connectivity index (χ2v) is 3.98. The van der Waals surface area contributed by atoms with E-state index in [1.165, 1.54) is 5.56 Å². The Morgan fingerprint density at radius 1 is 1.10 bits per heavy atom. The molecule has 1 N–H and O–H groups in total. The zero-order valence-corrected chi connectivity index (χ0v) is 13.7. The van der Waals surface area contributed by atoms with Crippen LogP contribution < -0.4 is 5.32 Å². The van der Waals surface area contributed by atoms with Crippen LogP contribution in [-0.4, -0.2) is 11.8 Å². The molecule has 2 aromatic carbocycles. The van der Waals surface area contributed by atoms with Crippen LogP contribution in [-0.2, 0) is 4.79 Å². The van der Waals surface area contributed by atoms with Crippen LogP contribution in [0.1, 0.15) is 33.3 Å². The van der Waals surface area contributed by atoms with Crippen LogP contribution in [0.15, 0.2) is 36.4 Å². The van der Waals surface area contributed by atoms with E-state index in [2.05, 4.69) is 17.4 Å². The van der Waals surface area contributed by atoms with Gasteiger partial charge < -0.3 is 5.32 Å². The number of aryl methyl sites for hydroxylation is 1. The second kappa shape index (κ2) is 10.3. The van der Waals surface area contributed by atoms with Gasteiger partial charge in [0, 0.05) is 11.1 Å². The molecule has 1 amide bonds. The molecule has 3 heteroatoms. The van der Waals surface area contributed by atoms with E-state index in [-0.39, 0.29) is 11.8 Å². The van der Waals surface area contributed by atoms with Crippen molar-refractivity contribution in [1.29, 1.82) is 0 Å². The highest BCUT2D eigenvalue weighted by molar-refractivity contribution is 6.29. The monoisotopic (exact) mass is 293 g/mol. The van der Waals surface area contributed by atoms with Crippen LogP contribution in [0, 0.1) is 6.92 Å². The van der Waals surface area contributed by atoms with Gasteiger partial charge in [-0.1, -0.05) is 57.5 Å². The maximum Gasteiger partial charge on any atom is 0.239 e. The van der Waals surface area contributed by atoms with E-state index >= 15 is 0 Å². The largest absolute Gasteiger partial charge is 0.324 e. The molecule has 0 aromatic heterocycles. The summed E-state index contributed by atoms with van der Waals surface area (Å²) < 4.78 is 0. The molecule has 20 heavy (non-hydrogen) atoms. The molecule has 2 rings (SSSR count). The number of carbonyl (C=O) groups is 1. The summed E-state index contributed by atoms with van der Waals surface area (Å²) in [4.78, 5) is 11.3. The van der Waals surface area contributed by atoms with Crippen molar-refractivity contribution in [2.24, 2.45) is 0 Å². The molecule has 0 aliphatic rings. The van der Waals surface area contributed by atoms with Crippen molar-refractivity contribution in [3.63, 3.8) is 0 Å². The third-order valence-electron chi connectivity index (χ3n) is 2.43. The summed E-state index contributed by atoms with van der Waals surface area (Å²) >= 11 is 5.47. The van der Waals surface area contributed by atoms with E-state index < -0.39 is 0 Å². The van der Waals surface area contributed by atoms with Gasteiger partial charge in [0.15, 0.2) is 0 Å². The summed E-state index contributed by atoms with van der Waals surface area (Å²) in [5.74, 6) is -0.210. The number of hydrogen-bond acceptors (Lipinski definition) is 1.